The number of aryl methyl sites for hydroxylation is 1. The van der Waals surface area contributed by atoms with Crippen LogP contribution in [0.5, 0.6) is 0 Å². The van der Waals surface area contributed by atoms with Crippen molar-refractivity contribution in [3.05, 3.63) is 60.2 Å². The lowest BCUT2D eigenvalue weighted by atomic mass is 10.2. The number of piperazine rings is 1. The van der Waals surface area contributed by atoms with Crippen molar-refractivity contribution >= 4 is 21.6 Å². The number of hydrogen-bond donors (Lipinski definition) is 0. The van der Waals surface area contributed by atoms with E-state index in [1.165, 1.54) is 7.11 Å². The largest absolute Gasteiger partial charge is 0.419 e. The molecule has 8 nitrogen and oxygen atoms in total. The molecule has 3 aromatic rings. The first-order valence-corrected chi connectivity index (χ1v) is 11.8. The second-order valence-corrected chi connectivity index (χ2v) is 9.48. The zero-order chi connectivity index (χ0) is 22.7. The van der Waals surface area contributed by atoms with Crippen molar-refractivity contribution in [3.63, 3.8) is 0 Å². The van der Waals surface area contributed by atoms with Crippen molar-refractivity contribution in [2.24, 2.45) is 0 Å². The third-order valence-electron chi connectivity index (χ3n) is 5.37. The van der Waals surface area contributed by atoms with Crippen LogP contribution < -0.4 is 4.90 Å². The van der Waals surface area contributed by atoms with Crippen LogP contribution in [0.15, 0.2) is 68.9 Å². The van der Waals surface area contributed by atoms with E-state index in [2.05, 4.69) is 4.98 Å². The molecule has 0 spiro atoms. The van der Waals surface area contributed by atoms with Crippen molar-refractivity contribution in [3.8, 4) is 11.5 Å². The topological polar surface area (TPSA) is 92.9 Å². The molecule has 0 atom stereocenters. The van der Waals surface area contributed by atoms with Crippen LogP contribution in [0, 0.1) is 6.92 Å². The molecule has 1 fully saturated rings. The average Bonchev–Trinajstić information content (AvgIpc) is 3.27. The quantitative estimate of drug-likeness (QED) is 0.564. The fraction of sp³-hybridized carbons (Fsp3) is 0.304. The minimum Gasteiger partial charge on any atom is -0.419 e. The summed E-state index contributed by atoms with van der Waals surface area (Å²) in [6.07, 6.45) is 0. The van der Waals surface area contributed by atoms with Gasteiger partial charge in [-0.2, -0.15) is 4.98 Å². The van der Waals surface area contributed by atoms with Crippen LogP contribution in [0.3, 0.4) is 0 Å². The summed E-state index contributed by atoms with van der Waals surface area (Å²) in [5.74, 6) is 0.342. The normalized spacial score (nSPS) is 14.6. The summed E-state index contributed by atoms with van der Waals surface area (Å²) in [5, 5.41) is -0.114. The van der Waals surface area contributed by atoms with E-state index in [1.54, 1.807) is 29.2 Å². The summed E-state index contributed by atoms with van der Waals surface area (Å²) >= 11 is 0. The molecule has 9 heteroatoms. The Labute approximate surface area is 187 Å². The summed E-state index contributed by atoms with van der Waals surface area (Å²) in [6.45, 7) is 3.65. The van der Waals surface area contributed by atoms with Gasteiger partial charge in [0.25, 0.3) is 0 Å². The van der Waals surface area contributed by atoms with Crippen molar-refractivity contribution in [2.75, 3.05) is 44.8 Å². The van der Waals surface area contributed by atoms with Gasteiger partial charge < -0.3 is 19.0 Å². The first-order chi connectivity index (χ1) is 15.4. The molecule has 4 rings (SSSR count). The number of anilines is 1. The van der Waals surface area contributed by atoms with E-state index in [9.17, 15) is 13.2 Å². The van der Waals surface area contributed by atoms with Crippen molar-refractivity contribution < 1.29 is 22.4 Å². The maximum Gasteiger partial charge on any atom is 0.248 e. The van der Waals surface area contributed by atoms with Crippen LogP contribution >= 0.6 is 0 Å². The molecule has 0 unspecified atom stereocenters. The number of methoxy groups -OCH3 is 1. The highest BCUT2D eigenvalue weighted by atomic mass is 32.2. The fourth-order valence-electron chi connectivity index (χ4n) is 3.58. The molecule has 1 aromatic heterocycles. The van der Waals surface area contributed by atoms with Crippen LogP contribution in [0.2, 0.25) is 0 Å². The first kappa shape index (κ1) is 22.0. The number of ether oxygens (including phenoxy) is 1. The lowest BCUT2D eigenvalue weighted by Gasteiger charge is -2.34. The van der Waals surface area contributed by atoms with Gasteiger partial charge in [0.15, 0.2) is 0 Å². The summed E-state index contributed by atoms with van der Waals surface area (Å²) in [7, 11) is -2.43. The maximum atomic E-state index is 13.5. The van der Waals surface area contributed by atoms with Gasteiger partial charge in [0.2, 0.25) is 32.5 Å². The molecule has 0 N–H and O–H groups in total. The van der Waals surface area contributed by atoms with Gasteiger partial charge in [-0.1, -0.05) is 35.9 Å². The molecule has 0 bridgehead atoms. The van der Waals surface area contributed by atoms with Gasteiger partial charge >= 0.3 is 0 Å². The van der Waals surface area contributed by atoms with E-state index in [0.717, 1.165) is 5.56 Å². The summed E-state index contributed by atoms with van der Waals surface area (Å²) in [5.41, 5.74) is 1.65. The number of hydrogen-bond acceptors (Lipinski definition) is 7. The van der Waals surface area contributed by atoms with Crippen LogP contribution in [-0.2, 0) is 19.4 Å². The Morgan fingerprint density at radius 2 is 1.69 bits per heavy atom. The monoisotopic (exact) mass is 455 g/mol. The summed E-state index contributed by atoms with van der Waals surface area (Å²) in [6, 6.07) is 15.8. The number of carbonyl (C=O) groups excluding carboxylic acids is 1. The third-order valence-corrected chi connectivity index (χ3v) is 7.04. The van der Waals surface area contributed by atoms with Crippen LogP contribution in [-0.4, -0.2) is 64.1 Å². The molecule has 2 heterocycles. The zero-order valence-corrected chi connectivity index (χ0v) is 18.8. The van der Waals surface area contributed by atoms with Crippen LogP contribution in [0.4, 0.5) is 5.88 Å². The number of aromatic nitrogens is 1. The van der Waals surface area contributed by atoms with Crippen LogP contribution in [0.1, 0.15) is 5.56 Å². The van der Waals surface area contributed by atoms with Crippen molar-refractivity contribution in [1.82, 2.24) is 9.88 Å². The molecule has 0 saturated carbocycles. The smallest absolute Gasteiger partial charge is 0.248 e. The van der Waals surface area contributed by atoms with Crippen molar-refractivity contribution in [2.45, 2.75) is 16.8 Å². The molecule has 1 amide bonds. The van der Waals surface area contributed by atoms with E-state index in [1.807, 2.05) is 42.2 Å². The Morgan fingerprint density at radius 1 is 1.03 bits per heavy atom. The number of oxazole rings is 1. The lowest BCUT2D eigenvalue weighted by Crippen LogP contribution is -2.49. The molecule has 0 aliphatic carbocycles. The maximum absolute atomic E-state index is 13.5. The number of nitrogens with zero attached hydrogens (tertiary/aromatic N) is 3. The molecule has 168 valence electrons. The molecule has 1 aliphatic rings. The summed E-state index contributed by atoms with van der Waals surface area (Å²) in [4.78, 5) is 20.2. The molecular formula is C23H25N3O5S. The Bertz CT molecular complexity index is 1180. The molecule has 2 aromatic carbocycles. The second kappa shape index (κ2) is 9.13. The Balaban J connectivity index is 1.71. The SMILES string of the molecule is COCC(=O)N1CCN(c2oc(-c3ccccc3)nc2S(=O)(=O)c2ccc(C)cc2)CC1. The van der Waals surface area contributed by atoms with E-state index < -0.39 is 9.84 Å². The summed E-state index contributed by atoms with van der Waals surface area (Å²) < 4.78 is 37.9. The van der Waals surface area contributed by atoms with E-state index in [-0.39, 0.29) is 34.2 Å². The molecule has 32 heavy (non-hydrogen) atoms. The number of amides is 1. The third kappa shape index (κ3) is 4.39. The number of carbonyl (C=O) groups is 1. The lowest BCUT2D eigenvalue weighted by molar-refractivity contribution is -0.135. The average molecular weight is 456 g/mol. The number of rotatable bonds is 6. The zero-order valence-electron chi connectivity index (χ0n) is 18.0. The fourth-order valence-corrected chi connectivity index (χ4v) is 4.90. The highest BCUT2D eigenvalue weighted by Gasteiger charge is 2.33. The van der Waals surface area contributed by atoms with E-state index in [0.29, 0.717) is 31.7 Å². The minimum atomic E-state index is -3.91. The van der Waals surface area contributed by atoms with Gasteiger partial charge in [-0.05, 0) is 31.2 Å². The van der Waals surface area contributed by atoms with Gasteiger partial charge in [0.1, 0.15) is 6.61 Å². The number of sulfone groups is 1. The standard InChI is InChI=1S/C23H25N3O5S/c1-17-8-10-19(11-9-17)32(28,29)22-23(31-21(24-22)18-6-4-3-5-7-18)26-14-12-25(13-15-26)20(27)16-30-2/h3-11H,12-16H2,1-2H3. The highest BCUT2D eigenvalue weighted by molar-refractivity contribution is 7.91. The van der Waals surface area contributed by atoms with Gasteiger partial charge in [-0.15, -0.1) is 0 Å². The van der Waals surface area contributed by atoms with Gasteiger partial charge in [-0.3, -0.25) is 4.79 Å². The van der Waals surface area contributed by atoms with Crippen molar-refractivity contribution in [1.29, 1.82) is 0 Å². The van der Waals surface area contributed by atoms with E-state index in [4.69, 9.17) is 9.15 Å². The number of benzene rings is 2. The van der Waals surface area contributed by atoms with Crippen LogP contribution in [0.25, 0.3) is 11.5 Å². The highest BCUT2D eigenvalue weighted by Crippen LogP contribution is 2.35. The minimum absolute atomic E-state index is 0.0213. The Hall–Kier alpha value is -3.17. The molecule has 1 aliphatic heterocycles. The first-order valence-electron chi connectivity index (χ1n) is 10.3. The second-order valence-electron chi connectivity index (χ2n) is 7.61. The molecule has 1 saturated heterocycles. The predicted octanol–water partition coefficient (Wildman–Crippen LogP) is 2.78. The van der Waals surface area contributed by atoms with Gasteiger partial charge in [0, 0.05) is 38.9 Å². The predicted molar refractivity (Wildman–Crippen MR) is 119 cm³/mol. The molecule has 0 radical (unpaired) electrons. The van der Waals surface area contributed by atoms with Gasteiger partial charge in [0.05, 0.1) is 4.90 Å². The van der Waals surface area contributed by atoms with Gasteiger partial charge in [-0.25, -0.2) is 8.42 Å². The Morgan fingerprint density at radius 3 is 2.31 bits per heavy atom. The Kier molecular flexibility index (Phi) is 6.29. The molecular weight excluding hydrogens is 430 g/mol. The van der Waals surface area contributed by atoms with E-state index >= 15 is 0 Å².